The Bertz CT molecular complexity index is 1050. The van der Waals surface area contributed by atoms with Crippen molar-refractivity contribution in [2.75, 3.05) is 13.1 Å². The van der Waals surface area contributed by atoms with Gasteiger partial charge in [0.1, 0.15) is 5.82 Å². The van der Waals surface area contributed by atoms with E-state index in [0.29, 0.717) is 24.7 Å². The molecule has 1 unspecified atom stereocenters. The number of hydrogen-bond donors (Lipinski definition) is 1. The molecule has 0 spiro atoms. The third kappa shape index (κ3) is 4.89. The molecule has 5 heterocycles. The molecule has 0 saturated carbocycles. The van der Waals surface area contributed by atoms with Gasteiger partial charge in [-0.25, -0.2) is 9.97 Å². The van der Waals surface area contributed by atoms with E-state index in [1.807, 2.05) is 29.6 Å². The van der Waals surface area contributed by atoms with Gasteiger partial charge in [-0.05, 0) is 39.0 Å². The van der Waals surface area contributed by atoms with E-state index in [-0.39, 0.29) is 23.8 Å². The average Bonchev–Trinajstić information content (AvgIpc) is 3.51. The van der Waals surface area contributed by atoms with Crippen molar-refractivity contribution in [3.8, 4) is 0 Å². The Balaban J connectivity index is 1.26. The van der Waals surface area contributed by atoms with Crippen LogP contribution in [0, 0.1) is 12.8 Å². The molecular weight excluding hydrogens is 460 g/mol. The molecule has 2 fully saturated rings. The molecule has 9 heteroatoms. The first-order valence-corrected chi connectivity index (χ1v) is 14.0. The molecule has 0 radical (unpaired) electrons. The van der Waals surface area contributed by atoms with Crippen molar-refractivity contribution in [2.24, 2.45) is 5.92 Å². The lowest BCUT2D eigenvalue weighted by molar-refractivity contribution is -0.135. The third-order valence-corrected chi connectivity index (χ3v) is 8.73. The van der Waals surface area contributed by atoms with Crippen LogP contribution in [-0.2, 0) is 22.6 Å². The summed E-state index contributed by atoms with van der Waals surface area (Å²) in [5.74, 6) is 1.35. The first-order chi connectivity index (χ1) is 16.8. The summed E-state index contributed by atoms with van der Waals surface area (Å²) >= 11 is 1.58. The number of hydrogen-bond acceptors (Lipinski definition) is 6. The van der Waals surface area contributed by atoms with Gasteiger partial charge in [0.05, 0.1) is 29.5 Å². The van der Waals surface area contributed by atoms with Crippen molar-refractivity contribution >= 4 is 23.2 Å². The predicted octanol–water partition coefficient (Wildman–Crippen LogP) is 3.62. The maximum absolute atomic E-state index is 12.5. The van der Waals surface area contributed by atoms with Crippen LogP contribution in [0.3, 0.4) is 0 Å². The smallest absolute Gasteiger partial charge is 0.225 e. The fourth-order valence-electron chi connectivity index (χ4n) is 6.61. The molecule has 5 rings (SSSR count). The average molecular weight is 499 g/mol. The number of imidazole rings is 1. The molecule has 3 aliphatic heterocycles. The molecule has 4 atom stereocenters. The number of rotatable bonds is 7. The third-order valence-electron chi connectivity index (χ3n) is 8.12. The van der Waals surface area contributed by atoms with Gasteiger partial charge in [-0.1, -0.05) is 13.8 Å². The number of nitrogens with zero attached hydrogens (tertiary/aromatic N) is 5. The number of aromatic nitrogens is 3. The minimum atomic E-state index is -0.0183. The number of carbonyl (C=O) groups is 2. The molecule has 2 bridgehead atoms. The molecule has 35 heavy (non-hydrogen) atoms. The Morgan fingerprint density at radius 1 is 1.20 bits per heavy atom. The van der Waals surface area contributed by atoms with Crippen molar-refractivity contribution < 1.29 is 9.59 Å². The highest BCUT2D eigenvalue weighted by molar-refractivity contribution is 7.07. The SMILES string of the molecule is CC(=O)N[C@@H](CCN1[C@@H]2CC[C@H]1CC(n1c(C)nc3c1CCN(C(=O)C(C)C)C3)C2)c1cscn1. The van der Waals surface area contributed by atoms with Gasteiger partial charge in [0.2, 0.25) is 11.8 Å². The summed E-state index contributed by atoms with van der Waals surface area (Å²) in [7, 11) is 0. The molecular formula is C26H38N6O2S. The van der Waals surface area contributed by atoms with E-state index in [1.165, 1.54) is 18.5 Å². The number of fused-ring (bicyclic) bond motifs is 3. The number of piperidine rings is 1. The van der Waals surface area contributed by atoms with Crippen molar-refractivity contribution in [3.63, 3.8) is 0 Å². The highest BCUT2D eigenvalue weighted by Gasteiger charge is 2.42. The first kappa shape index (κ1) is 24.4. The molecule has 3 aliphatic rings. The zero-order valence-electron chi connectivity index (χ0n) is 21.4. The normalized spacial score (nSPS) is 25.1. The topological polar surface area (TPSA) is 83.4 Å². The van der Waals surface area contributed by atoms with Crippen molar-refractivity contribution in [1.82, 2.24) is 29.7 Å². The molecule has 0 aromatic carbocycles. The Morgan fingerprint density at radius 3 is 2.57 bits per heavy atom. The number of amides is 2. The Hall–Kier alpha value is -2.26. The van der Waals surface area contributed by atoms with Crippen molar-refractivity contribution in [1.29, 1.82) is 0 Å². The van der Waals surface area contributed by atoms with E-state index < -0.39 is 0 Å². The monoisotopic (exact) mass is 498 g/mol. The van der Waals surface area contributed by atoms with Crippen LogP contribution in [0.5, 0.6) is 0 Å². The van der Waals surface area contributed by atoms with Crippen LogP contribution < -0.4 is 5.32 Å². The predicted molar refractivity (Wildman–Crippen MR) is 136 cm³/mol. The summed E-state index contributed by atoms with van der Waals surface area (Å²) in [6.07, 6.45) is 6.58. The molecule has 0 aliphatic carbocycles. The summed E-state index contributed by atoms with van der Waals surface area (Å²) in [6.45, 7) is 10.1. The minimum Gasteiger partial charge on any atom is -0.348 e. The van der Waals surface area contributed by atoms with E-state index >= 15 is 0 Å². The molecule has 1 N–H and O–H groups in total. The number of carbonyl (C=O) groups excluding carboxylic acids is 2. The summed E-state index contributed by atoms with van der Waals surface area (Å²) in [4.78, 5) is 38.4. The first-order valence-electron chi connectivity index (χ1n) is 13.1. The molecule has 2 amide bonds. The standard InChI is InChI=1S/C26H38N6O2S/c1-16(2)26(34)30-9-8-25-23(13-30)28-17(3)32(25)21-11-19-5-6-20(12-21)31(19)10-7-22(29-18(4)33)24-14-35-15-27-24/h14-16,19-22H,5-13H2,1-4H3,(H,29,33)/t19-,20+,21?,22-/m0/s1. The fourth-order valence-corrected chi connectivity index (χ4v) is 7.22. The number of thiazole rings is 1. The van der Waals surface area contributed by atoms with Crippen molar-refractivity contribution in [3.05, 3.63) is 33.8 Å². The highest BCUT2D eigenvalue weighted by atomic mass is 32.1. The van der Waals surface area contributed by atoms with E-state index in [9.17, 15) is 9.59 Å². The molecule has 2 saturated heterocycles. The summed E-state index contributed by atoms with van der Waals surface area (Å²) in [6, 6.07) is 1.62. The summed E-state index contributed by atoms with van der Waals surface area (Å²) < 4.78 is 2.52. The maximum atomic E-state index is 12.5. The van der Waals surface area contributed by atoms with E-state index in [0.717, 1.165) is 56.0 Å². The van der Waals surface area contributed by atoms with Crippen LogP contribution >= 0.6 is 11.3 Å². The van der Waals surface area contributed by atoms with Gasteiger partial charge in [0, 0.05) is 61.6 Å². The zero-order chi connectivity index (χ0) is 24.7. The Labute approximate surface area is 212 Å². The van der Waals surface area contributed by atoms with Crippen LogP contribution in [0.2, 0.25) is 0 Å². The molecule has 2 aromatic rings. The molecule has 2 aromatic heterocycles. The Morgan fingerprint density at radius 2 is 1.94 bits per heavy atom. The minimum absolute atomic E-state index is 0.00121. The van der Waals surface area contributed by atoms with Gasteiger partial charge in [0.15, 0.2) is 0 Å². The van der Waals surface area contributed by atoms with Gasteiger partial charge in [-0.3, -0.25) is 14.5 Å². The second-order valence-corrected chi connectivity index (χ2v) is 11.5. The Kier molecular flexibility index (Phi) is 6.99. The van der Waals surface area contributed by atoms with Crippen LogP contribution in [0.4, 0.5) is 0 Å². The zero-order valence-corrected chi connectivity index (χ0v) is 22.2. The number of nitrogens with one attached hydrogen (secondary N) is 1. The van der Waals surface area contributed by atoms with Gasteiger partial charge in [-0.15, -0.1) is 11.3 Å². The van der Waals surface area contributed by atoms with E-state index in [1.54, 1.807) is 18.3 Å². The van der Waals surface area contributed by atoms with E-state index in [4.69, 9.17) is 4.98 Å². The van der Waals surface area contributed by atoms with Gasteiger partial charge in [0.25, 0.3) is 0 Å². The van der Waals surface area contributed by atoms with Gasteiger partial charge < -0.3 is 14.8 Å². The number of aryl methyl sites for hydroxylation is 1. The molecule has 8 nitrogen and oxygen atoms in total. The van der Waals surface area contributed by atoms with Crippen LogP contribution in [0.15, 0.2) is 10.9 Å². The van der Waals surface area contributed by atoms with Gasteiger partial charge >= 0.3 is 0 Å². The highest BCUT2D eigenvalue weighted by Crippen LogP contribution is 2.43. The summed E-state index contributed by atoms with van der Waals surface area (Å²) in [5, 5.41) is 5.15. The van der Waals surface area contributed by atoms with Crippen molar-refractivity contribution in [2.45, 2.75) is 96.9 Å². The largest absolute Gasteiger partial charge is 0.348 e. The lowest BCUT2D eigenvalue weighted by Crippen LogP contribution is -2.45. The fraction of sp³-hybridized carbons (Fsp3) is 0.692. The van der Waals surface area contributed by atoms with Crippen LogP contribution in [0.25, 0.3) is 0 Å². The second-order valence-electron chi connectivity index (χ2n) is 10.8. The lowest BCUT2D eigenvalue weighted by atomic mass is 9.95. The maximum Gasteiger partial charge on any atom is 0.225 e. The van der Waals surface area contributed by atoms with Crippen LogP contribution in [-0.4, -0.2) is 61.3 Å². The second kappa shape index (κ2) is 10.0. The van der Waals surface area contributed by atoms with E-state index in [2.05, 4.69) is 26.7 Å². The summed E-state index contributed by atoms with van der Waals surface area (Å²) in [5.41, 5.74) is 5.25. The van der Waals surface area contributed by atoms with Crippen LogP contribution in [0.1, 0.15) is 87.9 Å². The quantitative estimate of drug-likeness (QED) is 0.630. The van der Waals surface area contributed by atoms with Gasteiger partial charge in [-0.2, -0.15) is 0 Å². The molecule has 190 valence electrons. The lowest BCUT2D eigenvalue weighted by Gasteiger charge is -2.41.